The minimum Gasteiger partial charge on any atom is -0.488 e. The summed E-state index contributed by atoms with van der Waals surface area (Å²) in [6, 6.07) is 9.33. The van der Waals surface area contributed by atoms with Crippen LogP contribution >= 0.6 is 11.3 Å². The van der Waals surface area contributed by atoms with Gasteiger partial charge in [0.2, 0.25) is 0 Å². The van der Waals surface area contributed by atoms with Crippen LogP contribution in [-0.2, 0) is 0 Å². The number of hydrogen-bond donors (Lipinski definition) is 2. The van der Waals surface area contributed by atoms with Gasteiger partial charge in [0.25, 0.3) is 0 Å². The number of aliphatic hydroxyl groups excluding tert-OH is 1. The first-order valence-corrected chi connectivity index (χ1v) is 8.55. The van der Waals surface area contributed by atoms with Gasteiger partial charge in [0.15, 0.2) is 5.13 Å². The van der Waals surface area contributed by atoms with Crippen molar-refractivity contribution >= 4 is 43.5 Å². The second kappa shape index (κ2) is 6.58. The molecule has 4 rings (SSSR count). The average molecular weight is 353 g/mol. The third-order valence-electron chi connectivity index (χ3n) is 3.59. The standard InChI is InChI=1S/C17H15N5O2S/c1-10(8-23)24-11-4-5-13-12(7-11)15(20-9-19-13)22-17-21-14-3-2-6-18-16(14)25-17/h2-7,9-10,23H,8H2,1H3,(H,19,20,21,22)/t10-/m0/s1. The largest absolute Gasteiger partial charge is 0.488 e. The summed E-state index contributed by atoms with van der Waals surface area (Å²) in [6.45, 7) is 1.76. The predicted molar refractivity (Wildman–Crippen MR) is 97.4 cm³/mol. The Bertz CT molecular complexity index is 1000. The number of nitrogens with zero attached hydrogens (tertiary/aromatic N) is 4. The molecule has 0 unspecified atom stereocenters. The van der Waals surface area contributed by atoms with E-state index in [1.165, 1.54) is 17.7 Å². The van der Waals surface area contributed by atoms with Crippen LogP contribution < -0.4 is 10.1 Å². The van der Waals surface area contributed by atoms with Gasteiger partial charge in [0.05, 0.1) is 12.1 Å². The van der Waals surface area contributed by atoms with Crippen molar-refractivity contribution in [2.45, 2.75) is 13.0 Å². The Labute approximate surface area is 147 Å². The van der Waals surface area contributed by atoms with Crippen LogP contribution in [0.25, 0.3) is 21.3 Å². The minimum atomic E-state index is -0.283. The van der Waals surface area contributed by atoms with Crippen molar-refractivity contribution in [1.29, 1.82) is 0 Å². The van der Waals surface area contributed by atoms with Crippen LogP contribution in [0.15, 0.2) is 42.9 Å². The van der Waals surface area contributed by atoms with E-state index in [1.807, 2.05) is 30.3 Å². The third-order valence-corrected chi connectivity index (χ3v) is 4.49. The number of hydrogen-bond acceptors (Lipinski definition) is 8. The van der Waals surface area contributed by atoms with E-state index < -0.39 is 0 Å². The normalized spacial score (nSPS) is 12.4. The third kappa shape index (κ3) is 3.21. The molecule has 2 N–H and O–H groups in total. The van der Waals surface area contributed by atoms with Gasteiger partial charge in [0.1, 0.15) is 34.3 Å². The maximum absolute atomic E-state index is 9.15. The van der Waals surface area contributed by atoms with E-state index in [0.29, 0.717) is 16.7 Å². The quantitative estimate of drug-likeness (QED) is 0.569. The van der Waals surface area contributed by atoms with Crippen molar-refractivity contribution < 1.29 is 9.84 Å². The summed E-state index contributed by atoms with van der Waals surface area (Å²) in [6.07, 6.45) is 2.97. The molecule has 8 heteroatoms. The van der Waals surface area contributed by atoms with E-state index in [1.54, 1.807) is 13.1 Å². The van der Waals surface area contributed by atoms with E-state index in [4.69, 9.17) is 9.84 Å². The topological polar surface area (TPSA) is 93.0 Å². The first-order valence-electron chi connectivity index (χ1n) is 7.74. The van der Waals surface area contributed by atoms with Gasteiger partial charge in [-0.05, 0) is 37.3 Å². The predicted octanol–water partition coefficient (Wildman–Crippen LogP) is 3.14. The summed E-state index contributed by atoms with van der Waals surface area (Å²) in [5, 5.41) is 13.9. The van der Waals surface area contributed by atoms with Gasteiger partial charge in [-0.15, -0.1) is 0 Å². The van der Waals surface area contributed by atoms with Crippen LogP contribution in [0.5, 0.6) is 5.75 Å². The monoisotopic (exact) mass is 353 g/mol. The Hall–Kier alpha value is -2.84. The molecule has 126 valence electrons. The number of aromatic nitrogens is 4. The molecule has 0 saturated heterocycles. The minimum absolute atomic E-state index is 0.0485. The van der Waals surface area contributed by atoms with Crippen molar-refractivity contribution in [1.82, 2.24) is 19.9 Å². The van der Waals surface area contributed by atoms with E-state index in [0.717, 1.165) is 21.3 Å². The van der Waals surface area contributed by atoms with Gasteiger partial charge in [-0.2, -0.15) is 0 Å². The van der Waals surface area contributed by atoms with Gasteiger partial charge >= 0.3 is 0 Å². The number of ether oxygens (including phenoxy) is 1. The molecule has 25 heavy (non-hydrogen) atoms. The molecule has 4 aromatic rings. The summed E-state index contributed by atoms with van der Waals surface area (Å²) in [7, 11) is 0. The number of benzene rings is 1. The smallest absolute Gasteiger partial charge is 0.190 e. The first-order chi connectivity index (χ1) is 12.2. The van der Waals surface area contributed by atoms with Gasteiger partial charge in [-0.25, -0.2) is 19.9 Å². The van der Waals surface area contributed by atoms with Gasteiger partial charge in [-0.1, -0.05) is 11.3 Å². The molecule has 0 aliphatic heterocycles. The van der Waals surface area contributed by atoms with Crippen LogP contribution in [0.1, 0.15) is 6.92 Å². The zero-order chi connectivity index (χ0) is 17.2. The molecule has 0 aliphatic carbocycles. The van der Waals surface area contributed by atoms with Crippen molar-refractivity contribution in [3.05, 3.63) is 42.9 Å². The Morgan fingerprint density at radius 1 is 1.20 bits per heavy atom. The van der Waals surface area contributed by atoms with Crippen LogP contribution in [0, 0.1) is 0 Å². The van der Waals surface area contributed by atoms with Crippen LogP contribution in [0.4, 0.5) is 10.9 Å². The lowest BCUT2D eigenvalue weighted by molar-refractivity contribution is 0.130. The lowest BCUT2D eigenvalue weighted by atomic mass is 10.2. The van der Waals surface area contributed by atoms with Crippen molar-refractivity contribution in [2.75, 3.05) is 11.9 Å². The van der Waals surface area contributed by atoms with Crippen molar-refractivity contribution in [2.24, 2.45) is 0 Å². The molecule has 0 saturated carbocycles. The molecule has 1 aromatic carbocycles. The van der Waals surface area contributed by atoms with Crippen molar-refractivity contribution in [3.63, 3.8) is 0 Å². The fourth-order valence-corrected chi connectivity index (χ4v) is 3.21. The lowest BCUT2D eigenvalue weighted by Gasteiger charge is -2.13. The molecule has 0 amide bonds. The number of aliphatic hydroxyl groups is 1. The zero-order valence-electron chi connectivity index (χ0n) is 13.4. The van der Waals surface area contributed by atoms with E-state index in [-0.39, 0.29) is 12.7 Å². The Balaban J connectivity index is 1.71. The number of anilines is 2. The summed E-state index contributed by atoms with van der Waals surface area (Å²) < 4.78 is 5.67. The molecule has 3 heterocycles. The number of fused-ring (bicyclic) bond motifs is 2. The second-order valence-corrected chi connectivity index (χ2v) is 6.46. The van der Waals surface area contributed by atoms with Gasteiger partial charge in [-0.3, -0.25) is 0 Å². The summed E-state index contributed by atoms with van der Waals surface area (Å²) in [5.74, 6) is 1.30. The first kappa shape index (κ1) is 15.7. The fraction of sp³-hybridized carbons (Fsp3) is 0.176. The highest BCUT2D eigenvalue weighted by Crippen LogP contribution is 2.30. The Morgan fingerprint density at radius 3 is 2.96 bits per heavy atom. The average Bonchev–Trinajstić information content (AvgIpc) is 3.04. The highest BCUT2D eigenvalue weighted by atomic mass is 32.1. The molecule has 0 bridgehead atoms. The molecular weight excluding hydrogens is 338 g/mol. The van der Waals surface area contributed by atoms with Gasteiger partial charge in [0, 0.05) is 11.6 Å². The molecule has 7 nitrogen and oxygen atoms in total. The molecule has 0 fully saturated rings. The van der Waals surface area contributed by atoms with Crippen LogP contribution in [0.3, 0.4) is 0 Å². The van der Waals surface area contributed by atoms with Gasteiger partial charge < -0.3 is 15.2 Å². The highest BCUT2D eigenvalue weighted by molar-refractivity contribution is 7.21. The number of thiazole rings is 1. The summed E-state index contributed by atoms with van der Waals surface area (Å²) in [5.41, 5.74) is 1.63. The van der Waals surface area contributed by atoms with E-state index in [2.05, 4.69) is 25.3 Å². The number of rotatable bonds is 5. The molecule has 0 aliphatic rings. The molecule has 1 atom stereocenters. The summed E-state index contributed by atoms with van der Waals surface area (Å²) in [4.78, 5) is 18.3. The Kier molecular flexibility index (Phi) is 4.12. The summed E-state index contributed by atoms with van der Waals surface area (Å²) >= 11 is 1.46. The Morgan fingerprint density at radius 2 is 2.12 bits per heavy atom. The maximum atomic E-state index is 9.15. The number of pyridine rings is 1. The molecule has 0 spiro atoms. The molecular formula is C17H15N5O2S. The molecule has 3 aromatic heterocycles. The fourth-order valence-electron chi connectivity index (χ4n) is 2.40. The highest BCUT2D eigenvalue weighted by Gasteiger charge is 2.10. The maximum Gasteiger partial charge on any atom is 0.190 e. The van der Waals surface area contributed by atoms with Crippen molar-refractivity contribution in [3.8, 4) is 5.75 Å². The van der Waals surface area contributed by atoms with E-state index >= 15 is 0 Å². The van der Waals surface area contributed by atoms with Crippen LogP contribution in [-0.4, -0.2) is 37.8 Å². The molecule has 0 radical (unpaired) electrons. The SMILES string of the molecule is C[C@@H](CO)Oc1ccc2ncnc(Nc3nc4cccnc4s3)c2c1. The van der Waals surface area contributed by atoms with Crippen LogP contribution in [0.2, 0.25) is 0 Å². The number of nitrogens with one attached hydrogen (secondary N) is 1. The van der Waals surface area contributed by atoms with E-state index in [9.17, 15) is 0 Å². The second-order valence-electron chi connectivity index (χ2n) is 5.48. The lowest BCUT2D eigenvalue weighted by Crippen LogP contribution is -2.16. The zero-order valence-corrected chi connectivity index (χ0v) is 14.2.